The third-order valence-corrected chi connectivity index (χ3v) is 9.93. The summed E-state index contributed by atoms with van der Waals surface area (Å²) in [4.78, 5) is 33.8. The summed E-state index contributed by atoms with van der Waals surface area (Å²) in [5.74, 6) is -0.516. The summed E-state index contributed by atoms with van der Waals surface area (Å²) < 4.78 is 26.8. The maximum atomic E-state index is 12.1. The zero-order chi connectivity index (χ0) is 36.8. The molecule has 0 aromatic heterocycles. The molecule has 0 heterocycles. The minimum absolute atomic E-state index is 0.0853. The van der Waals surface area contributed by atoms with Crippen LogP contribution in [-0.4, -0.2) is 54.3 Å². The Hall–Kier alpha value is -1.25. The van der Waals surface area contributed by atoms with E-state index in [0.29, 0.717) is 6.42 Å². The predicted octanol–water partition coefficient (Wildman–Crippen LogP) is 11.0. The Morgan fingerprint density at radius 1 is 0.600 bits per heavy atom. The van der Waals surface area contributed by atoms with Crippen molar-refractivity contribution >= 4 is 19.7 Å². The first-order valence-corrected chi connectivity index (χ1v) is 22.2. The normalized spacial score (nSPS) is 13.4. The van der Waals surface area contributed by atoms with Crippen molar-refractivity contribution < 1.29 is 37.9 Å². The van der Waals surface area contributed by atoms with Crippen molar-refractivity contribution in [1.82, 2.24) is 5.32 Å². The highest BCUT2D eigenvalue weighted by atomic mass is 31.2. The zero-order valence-electron chi connectivity index (χ0n) is 32.4. The number of aliphatic hydroxyl groups excluding tert-OH is 1. The SMILES string of the molecule is CCCCCCCCC/C=C\CCCCCCCCCC(=O)OCC(O)COP(=O)(O)OCCNC(=O)CCCCCCCCCCCCC. The Morgan fingerprint density at radius 3 is 1.50 bits per heavy atom. The molecule has 3 N–H and O–H groups in total. The summed E-state index contributed by atoms with van der Waals surface area (Å²) in [6.07, 6.45) is 37.1. The summed E-state index contributed by atoms with van der Waals surface area (Å²) in [6.45, 7) is 3.55. The molecule has 296 valence electrons. The third-order valence-electron chi connectivity index (χ3n) is 8.95. The second-order valence-electron chi connectivity index (χ2n) is 14.0. The molecule has 9 nitrogen and oxygen atoms in total. The van der Waals surface area contributed by atoms with Gasteiger partial charge in [-0.3, -0.25) is 18.6 Å². The number of ether oxygens (including phenoxy) is 1. The Bertz CT molecular complexity index is 840. The van der Waals surface area contributed by atoms with Crippen LogP contribution in [0.25, 0.3) is 0 Å². The van der Waals surface area contributed by atoms with Crippen LogP contribution in [0.2, 0.25) is 0 Å². The van der Waals surface area contributed by atoms with Gasteiger partial charge in [0.05, 0.1) is 13.2 Å². The van der Waals surface area contributed by atoms with Gasteiger partial charge in [-0.1, -0.05) is 161 Å². The molecular weight excluding hydrogens is 653 g/mol. The molecule has 2 unspecified atom stereocenters. The summed E-state index contributed by atoms with van der Waals surface area (Å²) >= 11 is 0. The molecule has 1 amide bonds. The molecule has 0 bridgehead atoms. The van der Waals surface area contributed by atoms with Crippen LogP contribution in [0.4, 0.5) is 0 Å². The average Bonchev–Trinajstić information content (AvgIpc) is 3.10. The van der Waals surface area contributed by atoms with Crippen LogP contribution < -0.4 is 5.32 Å². The number of nitrogens with one attached hydrogen (secondary N) is 1. The largest absolute Gasteiger partial charge is 0.472 e. The lowest BCUT2D eigenvalue weighted by Gasteiger charge is -2.15. The molecule has 50 heavy (non-hydrogen) atoms. The molecule has 0 fully saturated rings. The van der Waals surface area contributed by atoms with Crippen LogP contribution in [0, 0.1) is 0 Å². The first-order chi connectivity index (χ1) is 24.3. The Kier molecular flexibility index (Phi) is 36.6. The van der Waals surface area contributed by atoms with Crippen molar-refractivity contribution in [2.24, 2.45) is 0 Å². The topological polar surface area (TPSA) is 131 Å². The highest BCUT2D eigenvalue weighted by Gasteiger charge is 2.23. The van der Waals surface area contributed by atoms with Gasteiger partial charge in [-0.2, -0.15) is 0 Å². The predicted molar refractivity (Wildman–Crippen MR) is 206 cm³/mol. The van der Waals surface area contributed by atoms with E-state index in [2.05, 4.69) is 31.3 Å². The molecule has 0 aromatic carbocycles. The molecule has 0 spiro atoms. The van der Waals surface area contributed by atoms with Gasteiger partial charge < -0.3 is 20.1 Å². The lowest BCUT2D eigenvalue weighted by molar-refractivity contribution is -0.147. The fourth-order valence-electron chi connectivity index (χ4n) is 5.79. The van der Waals surface area contributed by atoms with Crippen molar-refractivity contribution in [3.63, 3.8) is 0 Å². The van der Waals surface area contributed by atoms with Gasteiger partial charge in [0, 0.05) is 19.4 Å². The van der Waals surface area contributed by atoms with E-state index in [1.54, 1.807) is 0 Å². The van der Waals surface area contributed by atoms with E-state index in [-0.39, 0.29) is 32.1 Å². The first kappa shape index (κ1) is 48.8. The van der Waals surface area contributed by atoms with Gasteiger partial charge in [-0.05, 0) is 38.5 Å². The van der Waals surface area contributed by atoms with Gasteiger partial charge >= 0.3 is 13.8 Å². The van der Waals surface area contributed by atoms with Gasteiger partial charge in [0.2, 0.25) is 5.91 Å². The number of allylic oxidation sites excluding steroid dienone is 2. The van der Waals surface area contributed by atoms with Crippen molar-refractivity contribution in [2.45, 2.75) is 206 Å². The van der Waals surface area contributed by atoms with Gasteiger partial charge in [0.1, 0.15) is 12.7 Å². The number of unbranched alkanes of at least 4 members (excludes halogenated alkanes) is 24. The number of rotatable bonds is 39. The molecule has 2 atom stereocenters. The van der Waals surface area contributed by atoms with Gasteiger partial charge in [0.25, 0.3) is 0 Å². The summed E-state index contributed by atoms with van der Waals surface area (Å²) in [5.41, 5.74) is 0. The number of hydrogen-bond donors (Lipinski definition) is 3. The zero-order valence-corrected chi connectivity index (χ0v) is 33.3. The van der Waals surface area contributed by atoms with E-state index >= 15 is 0 Å². The maximum absolute atomic E-state index is 12.1. The van der Waals surface area contributed by atoms with Crippen LogP contribution in [-0.2, 0) is 27.9 Å². The van der Waals surface area contributed by atoms with E-state index in [9.17, 15) is 24.2 Å². The fourth-order valence-corrected chi connectivity index (χ4v) is 6.54. The highest BCUT2D eigenvalue weighted by Crippen LogP contribution is 2.42. The van der Waals surface area contributed by atoms with Crippen LogP contribution in [0.3, 0.4) is 0 Å². The van der Waals surface area contributed by atoms with Crippen LogP contribution in [0.15, 0.2) is 12.2 Å². The third kappa shape index (κ3) is 38.0. The molecule has 0 radical (unpaired) electrons. The van der Waals surface area contributed by atoms with Crippen molar-refractivity contribution in [2.75, 3.05) is 26.4 Å². The number of carbonyl (C=O) groups is 2. The van der Waals surface area contributed by atoms with Gasteiger partial charge in [-0.15, -0.1) is 0 Å². The number of hydrogen-bond acceptors (Lipinski definition) is 7. The molecule has 0 aliphatic rings. The van der Waals surface area contributed by atoms with E-state index in [4.69, 9.17) is 13.8 Å². The molecule has 10 heteroatoms. The fraction of sp³-hybridized carbons (Fsp3) is 0.900. The second-order valence-corrected chi connectivity index (χ2v) is 15.4. The molecule has 0 aliphatic heterocycles. The lowest BCUT2D eigenvalue weighted by Crippen LogP contribution is -2.27. The number of carbonyl (C=O) groups excluding carboxylic acids is 2. The number of amides is 1. The highest BCUT2D eigenvalue weighted by molar-refractivity contribution is 7.47. The Balaban J connectivity index is 3.59. The van der Waals surface area contributed by atoms with Crippen LogP contribution in [0.1, 0.15) is 200 Å². The summed E-state index contributed by atoms with van der Waals surface area (Å²) in [5, 5.41) is 12.7. The molecular formula is C40H78NO8P. The van der Waals surface area contributed by atoms with E-state index in [1.807, 2.05) is 0 Å². The second kappa shape index (κ2) is 37.5. The first-order valence-electron chi connectivity index (χ1n) is 20.7. The van der Waals surface area contributed by atoms with Gasteiger partial charge in [-0.25, -0.2) is 4.57 Å². The molecule has 0 aromatic rings. The van der Waals surface area contributed by atoms with E-state index < -0.39 is 26.5 Å². The van der Waals surface area contributed by atoms with Crippen molar-refractivity contribution in [3.8, 4) is 0 Å². The average molecular weight is 732 g/mol. The number of esters is 1. The molecule has 0 rings (SSSR count). The molecule has 0 saturated carbocycles. The summed E-state index contributed by atoms with van der Waals surface area (Å²) in [6, 6.07) is 0. The van der Waals surface area contributed by atoms with Crippen molar-refractivity contribution in [3.05, 3.63) is 12.2 Å². The summed E-state index contributed by atoms with van der Waals surface area (Å²) in [7, 11) is -4.41. The van der Waals surface area contributed by atoms with E-state index in [1.165, 1.54) is 135 Å². The number of aliphatic hydroxyl groups is 1. The van der Waals surface area contributed by atoms with Crippen LogP contribution in [0.5, 0.6) is 0 Å². The monoisotopic (exact) mass is 732 g/mol. The Labute approximate surface area is 307 Å². The smallest absolute Gasteiger partial charge is 0.463 e. The number of phosphoric ester groups is 1. The molecule has 0 aliphatic carbocycles. The lowest BCUT2D eigenvalue weighted by atomic mass is 10.1. The standard InChI is InChI=1S/C40H78NO8P/c1-3-5-7-9-11-13-15-16-17-18-19-20-21-23-25-27-29-31-33-40(44)47-36-38(42)37-49-50(45,46)48-35-34-41-39(43)32-30-28-26-24-22-14-12-10-8-6-4-2/h17-18,38,42H,3-16,19-37H2,1-2H3,(H,41,43)(H,45,46)/b18-17-. The molecule has 0 saturated heterocycles. The quantitative estimate of drug-likeness (QED) is 0.0246. The minimum Gasteiger partial charge on any atom is -0.463 e. The van der Waals surface area contributed by atoms with E-state index in [0.717, 1.165) is 38.5 Å². The maximum Gasteiger partial charge on any atom is 0.472 e. The Morgan fingerprint density at radius 2 is 1.02 bits per heavy atom. The van der Waals surface area contributed by atoms with Gasteiger partial charge in [0.15, 0.2) is 0 Å². The minimum atomic E-state index is -4.41. The van der Waals surface area contributed by atoms with Crippen LogP contribution >= 0.6 is 7.82 Å². The van der Waals surface area contributed by atoms with Crippen molar-refractivity contribution in [1.29, 1.82) is 0 Å². The number of phosphoric acid groups is 1.